The van der Waals surface area contributed by atoms with Gasteiger partial charge in [0.1, 0.15) is 11.5 Å². The Balaban J connectivity index is 0.00000420. The summed E-state index contributed by atoms with van der Waals surface area (Å²) < 4.78 is 1.48. The highest BCUT2D eigenvalue weighted by Crippen LogP contribution is 2.21. The molecule has 1 aromatic rings. The maximum absolute atomic E-state index is 12.9. The molecular formula is C20H36ClN5O3. The van der Waals surface area contributed by atoms with E-state index in [0.717, 1.165) is 38.6 Å². The number of hydrogen-bond acceptors (Lipinski definition) is 5. The van der Waals surface area contributed by atoms with E-state index < -0.39 is 11.2 Å². The number of amides is 1. The Morgan fingerprint density at radius 2 is 2.03 bits per heavy atom. The molecule has 0 radical (unpaired) electrons. The minimum atomic E-state index is -0.490. The number of H-pyrrole nitrogens is 1. The van der Waals surface area contributed by atoms with Crippen LogP contribution in [-0.4, -0.2) is 34.6 Å². The zero-order chi connectivity index (χ0) is 20.7. The van der Waals surface area contributed by atoms with Gasteiger partial charge in [0.25, 0.3) is 5.56 Å². The molecule has 0 aromatic carbocycles. The lowest BCUT2D eigenvalue weighted by Crippen LogP contribution is -2.41. The Morgan fingerprint density at radius 3 is 2.66 bits per heavy atom. The van der Waals surface area contributed by atoms with Crippen molar-refractivity contribution in [2.45, 2.75) is 72.4 Å². The summed E-state index contributed by atoms with van der Waals surface area (Å²) in [5, 5.41) is 9.39. The number of hydrogen-bond donors (Lipinski definition) is 4. The van der Waals surface area contributed by atoms with Crippen molar-refractivity contribution >= 4 is 29.8 Å². The average Bonchev–Trinajstić information content (AvgIpc) is 2.63. The summed E-state index contributed by atoms with van der Waals surface area (Å²) in [6.45, 7) is 10.1. The Morgan fingerprint density at radius 1 is 1.31 bits per heavy atom. The first-order valence-electron chi connectivity index (χ1n) is 10.5. The van der Waals surface area contributed by atoms with E-state index in [-0.39, 0.29) is 36.0 Å². The zero-order valence-corrected chi connectivity index (χ0v) is 18.8. The summed E-state index contributed by atoms with van der Waals surface area (Å²) in [5.41, 5.74) is -0.705. The van der Waals surface area contributed by atoms with Crippen molar-refractivity contribution in [3.63, 3.8) is 0 Å². The predicted octanol–water partition coefficient (Wildman–Crippen LogP) is 2.54. The third-order valence-corrected chi connectivity index (χ3v) is 5.19. The van der Waals surface area contributed by atoms with E-state index in [2.05, 4.69) is 41.7 Å². The maximum Gasteiger partial charge on any atom is 0.330 e. The molecule has 1 aromatic heterocycles. The van der Waals surface area contributed by atoms with Gasteiger partial charge in [0.05, 0.1) is 0 Å². The average molecular weight is 430 g/mol. The van der Waals surface area contributed by atoms with E-state index in [4.69, 9.17) is 0 Å². The van der Waals surface area contributed by atoms with E-state index in [1.807, 2.05) is 6.92 Å². The van der Waals surface area contributed by atoms with E-state index >= 15 is 0 Å². The third kappa shape index (κ3) is 7.19. The number of nitrogens with one attached hydrogen (secondary N) is 4. The molecule has 1 saturated heterocycles. The zero-order valence-electron chi connectivity index (χ0n) is 18.0. The van der Waals surface area contributed by atoms with Crippen molar-refractivity contribution in [2.24, 2.45) is 11.8 Å². The predicted molar refractivity (Wildman–Crippen MR) is 120 cm³/mol. The van der Waals surface area contributed by atoms with Gasteiger partial charge in [-0.2, -0.15) is 0 Å². The fourth-order valence-electron chi connectivity index (χ4n) is 3.47. The Bertz CT molecular complexity index is 774. The van der Waals surface area contributed by atoms with Crippen LogP contribution in [0.15, 0.2) is 9.59 Å². The van der Waals surface area contributed by atoms with E-state index in [0.29, 0.717) is 24.8 Å². The quantitative estimate of drug-likeness (QED) is 0.482. The van der Waals surface area contributed by atoms with Gasteiger partial charge in [0, 0.05) is 25.0 Å². The van der Waals surface area contributed by atoms with Crippen LogP contribution in [0.2, 0.25) is 0 Å². The number of anilines is 2. The molecule has 0 bridgehead atoms. The van der Waals surface area contributed by atoms with Crippen LogP contribution in [-0.2, 0) is 11.3 Å². The van der Waals surface area contributed by atoms with Crippen molar-refractivity contribution in [3.05, 3.63) is 20.8 Å². The lowest BCUT2D eigenvalue weighted by atomic mass is 9.92. The van der Waals surface area contributed by atoms with Crippen molar-refractivity contribution in [3.8, 4) is 0 Å². The standard InChI is InChI=1S/C20H35N5O3.ClH/c1-5-6-11-25-17(23-18(26)15-8-10-21-14(4)12-15)16(19(27)24-20(25)28)22-9-7-13(2)3;/h13-15,21-22H,5-12H2,1-4H3,(H,23,26)(H,24,27,28);1H/t14-,15-;/m0./s1. The van der Waals surface area contributed by atoms with Gasteiger partial charge in [-0.25, -0.2) is 4.79 Å². The maximum atomic E-state index is 12.9. The van der Waals surface area contributed by atoms with Crippen LogP contribution in [0.3, 0.4) is 0 Å². The number of unbranched alkanes of at least 4 members (excludes halogenated alkanes) is 1. The van der Waals surface area contributed by atoms with Crippen molar-refractivity contribution in [1.82, 2.24) is 14.9 Å². The van der Waals surface area contributed by atoms with Crippen LogP contribution < -0.4 is 27.2 Å². The number of aromatic amines is 1. The molecule has 1 aliphatic heterocycles. The van der Waals surface area contributed by atoms with Gasteiger partial charge in [0.15, 0.2) is 0 Å². The van der Waals surface area contributed by atoms with Gasteiger partial charge in [-0.05, 0) is 45.1 Å². The van der Waals surface area contributed by atoms with Crippen molar-refractivity contribution < 1.29 is 4.79 Å². The molecule has 0 aliphatic carbocycles. The van der Waals surface area contributed by atoms with Gasteiger partial charge in [-0.15, -0.1) is 12.4 Å². The fraction of sp³-hybridized carbons (Fsp3) is 0.750. The number of carbonyl (C=O) groups excluding carboxylic acids is 1. The first kappa shape index (κ1) is 25.2. The highest BCUT2D eigenvalue weighted by atomic mass is 35.5. The normalized spacial score (nSPS) is 18.9. The van der Waals surface area contributed by atoms with Crippen molar-refractivity contribution in [1.29, 1.82) is 0 Å². The summed E-state index contributed by atoms with van der Waals surface area (Å²) in [5.74, 6) is 0.512. The second-order valence-corrected chi connectivity index (χ2v) is 8.16. The first-order valence-corrected chi connectivity index (χ1v) is 10.5. The molecule has 2 rings (SSSR count). The van der Waals surface area contributed by atoms with E-state index in [1.165, 1.54) is 4.57 Å². The molecule has 1 aliphatic rings. The molecule has 8 nitrogen and oxygen atoms in total. The molecule has 2 atom stereocenters. The summed E-state index contributed by atoms with van der Waals surface area (Å²) in [6.07, 6.45) is 4.05. The van der Waals surface area contributed by atoms with Gasteiger partial charge in [-0.3, -0.25) is 19.1 Å². The molecule has 0 saturated carbocycles. The van der Waals surface area contributed by atoms with Crippen LogP contribution >= 0.6 is 12.4 Å². The lowest BCUT2D eigenvalue weighted by molar-refractivity contribution is -0.120. The number of halogens is 1. The summed E-state index contributed by atoms with van der Waals surface area (Å²) in [4.78, 5) is 40.2. The molecule has 29 heavy (non-hydrogen) atoms. The molecule has 4 N–H and O–H groups in total. The molecule has 9 heteroatoms. The smallest absolute Gasteiger partial charge is 0.330 e. The minimum absolute atomic E-state index is 0. The second-order valence-electron chi connectivity index (χ2n) is 8.16. The van der Waals surface area contributed by atoms with E-state index in [1.54, 1.807) is 0 Å². The molecule has 166 valence electrons. The van der Waals surface area contributed by atoms with Crippen LogP contribution in [0, 0.1) is 11.8 Å². The number of carbonyl (C=O) groups is 1. The summed E-state index contributed by atoms with van der Waals surface area (Å²) in [6, 6.07) is 0.273. The van der Waals surface area contributed by atoms with Gasteiger partial charge in [-0.1, -0.05) is 27.2 Å². The van der Waals surface area contributed by atoms with Crippen LogP contribution in [0.5, 0.6) is 0 Å². The number of piperidine rings is 1. The molecular weight excluding hydrogens is 394 g/mol. The SMILES string of the molecule is CCCCn1c(NC(=O)[C@H]2CCN[C@@H](C)C2)c(NCCC(C)C)c(=O)[nH]c1=O.Cl. The van der Waals surface area contributed by atoms with Crippen LogP contribution in [0.4, 0.5) is 11.5 Å². The Kier molecular flexibility index (Phi) is 10.5. The summed E-state index contributed by atoms with van der Waals surface area (Å²) in [7, 11) is 0. The highest BCUT2D eigenvalue weighted by Gasteiger charge is 2.27. The third-order valence-electron chi connectivity index (χ3n) is 5.19. The first-order chi connectivity index (χ1) is 13.3. The monoisotopic (exact) mass is 429 g/mol. The number of aromatic nitrogens is 2. The minimum Gasteiger partial charge on any atom is -0.378 e. The van der Waals surface area contributed by atoms with Gasteiger partial charge >= 0.3 is 5.69 Å². The molecule has 1 fully saturated rings. The fourth-order valence-corrected chi connectivity index (χ4v) is 3.47. The Hall–Kier alpha value is -1.80. The Labute approximate surface area is 178 Å². The van der Waals surface area contributed by atoms with Crippen molar-refractivity contribution in [2.75, 3.05) is 23.7 Å². The lowest BCUT2D eigenvalue weighted by Gasteiger charge is -2.28. The van der Waals surface area contributed by atoms with Crippen LogP contribution in [0.1, 0.15) is 59.8 Å². The number of nitrogens with zero attached hydrogens (tertiary/aromatic N) is 1. The largest absolute Gasteiger partial charge is 0.378 e. The van der Waals surface area contributed by atoms with Crippen LogP contribution in [0.25, 0.3) is 0 Å². The highest BCUT2D eigenvalue weighted by molar-refractivity contribution is 5.94. The summed E-state index contributed by atoms with van der Waals surface area (Å²) >= 11 is 0. The topological polar surface area (TPSA) is 108 Å². The molecule has 1 amide bonds. The van der Waals surface area contributed by atoms with E-state index in [9.17, 15) is 14.4 Å². The van der Waals surface area contributed by atoms with Gasteiger partial charge in [0.2, 0.25) is 5.91 Å². The second kappa shape index (κ2) is 12.0. The number of rotatable bonds is 9. The molecule has 0 unspecified atom stereocenters. The molecule has 2 heterocycles. The van der Waals surface area contributed by atoms with Gasteiger partial charge < -0.3 is 16.0 Å². The molecule has 0 spiro atoms.